The van der Waals surface area contributed by atoms with Crippen molar-refractivity contribution in [1.82, 2.24) is 19.5 Å². The Kier molecular flexibility index (Phi) is 9.61. The highest BCUT2D eigenvalue weighted by Crippen LogP contribution is 2.33. The molecule has 0 N–H and O–H groups in total. The molecule has 3 heterocycles. The fourth-order valence-corrected chi connectivity index (χ4v) is 6.10. The summed E-state index contributed by atoms with van der Waals surface area (Å²) in [5.41, 5.74) is 1.96. The molecular weight excluding hydrogens is 552 g/mol. The molecule has 1 saturated heterocycles. The summed E-state index contributed by atoms with van der Waals surface area (Å²) >= 11 is 0. The number of aromatic nitrogens is 4. The molecule has 5 rings (SSSR count). The molecule has 0 bridgehead atoms. The number of carbonyl (C=O) groups is 1. The van der Waals surface area contributed by atoms with E-state index in [0.717, 1.165) is 56.6 Å². The molecule has 9 heteroatoms. The predicted octanol–water partition coefficient (Wildman–Crippen LogP) is 4.69. The number of hydrogen-bond acceptors (Lipinski definition) is 8. The van der Waals surface area contributed by atoms with E-state index in [4.69, 9.17) is 14.5 Å². The van der Waals surface area contributed by atoms with E-state index in [1.165, 1.54) is 16.5 Å². The lowest BCUT2D eigenvalue weighted by molar-refractivity contribution is -0.164. The topological polar surface area (TPSA) is 85.6 Å². The molecular formula is C35H48N6O3. The van der Waals surface area contributed by atoms with Crippen LogP contribution >= 0.6 is 0 Å². The maximum Gasteiger partial charge on any atom is 0.314 e. The van der Waals surface area contributed by atoms with Crippen LogP contribution in [0, 0.1) is 24.2 Å². The second-order valence-corrected chi connectivity index (χ2v) is 13.2. The van der Waals surface area contributed by atoms with E-state index in [1.54, 1.807) is 12.3 Å². The molecule has 1 unspecified atom stereocenters. The van der Waals surface area contributed by atoms with Crippen molar-refractivity contribution in [1.29, 1.82) is 0 Å². The van der Waals surface area contributed by atoms with Crippen molar-refractivity contribution in [3.8, 4) is 5.88 Å². The molecule has 3 aromatic rings. The van der Waals surface area contributed by atoms with Crippen LogP contribution in [-0.4, -0.2) is 58.5 Å². The van der Waals surface area contributed by atoms with E-state index < -0.39 is 5.41 Å². The SMILES string of the molecule is Cc1ccc(Cn2c(N3CCC(N(C)c4nccc(OCOC(=O)C(C)(C)C(C)C(C)C)n4)CC3)nc3c2=CCCC=3)cc1. The van der Waals surface area contributed by atoms with Crippen molar-refractivity contribution in [2.24, 2.45) is 17.3 Å². The summed E-state index contributed by atoms with van der Waals surface area (Å²) in [5.74, 6) is 2.31. The Bertz CT molecular complexity index is 1550. The Hall–Kier alpha value is -3.88. The second-order valence-electron chi connectivity index (χ2n) is 13.2. The average molecular weight is 601 g/mol. The Morgan fingerprint density at radius 3 is 2.45 bits per heavy atom. The van der Waals surface area contributed by atoms with Crippen molar-refractivity contribution in [3.05, 3.63) is 58.4 Å². The number of rotatable bonds is 11. The zero-order valence-corrected chi connectivity index (χ0v) is 27.4. The highest BCUT2D eigenvalue weighted by atomic mass is 16.7. The number of carbonyl (C=O) groups excluding carboxylic acids is 1. The van der Waals surface area contributed by atoms with Gasteiger partial charge in [-0.05, 0) is 63.9 Å². The second kappa shape index (κ2) is 13.4. The average Bonchev–Trinajstić information content (AvgIpc) is 3.39. The monoisotopic (exact) mass is 600 g/mol. The van der Waals surface area contributed by atoms with Gasteiger partial charge in [0.1, 0.15) is 0 Å². The van der Waals surface area contributed by atoms with Gasteiger partial charge in [0.15, 0.2) is 0 Å². The van der Waals surface area contributed by atoms with E-state index >= 15 is 0 Å². The van der Waals surface area contributed by atoms with Crippen molar-refractivity contribution in [2.45, 2.75) is 79.8 Å². The lowest BCUT2D eigenvalue weighted by atomic mass is 9.74. The van der Waals surface area contributed by atoms with Crippen molar-refractivity contribution >= 4 is 30.0 Å². The Morgan fingerprint density at radius 2 is 1.75 bits per heavy atom. The third kappa shape index (κ3) is 6.92. The van der Waals surface area contributed by atoms with Gasteiger partial charge in [-0.3, -0.25) is 4.79 Å². The van der Waals surface area contributed by atoms with Gasteiger partial charge in [-0.15, -0.1) is 0 Å². The van der Waals surface area contributed by atoms with Crippen LogP contribution in [0.3, 0.4) is 0 Å². The first kappa shape index (κ1) is 31.5. The molecule has 0 radical (unpaired) electrons. The first-order chi connectivity index (χ1) is 21.0. The van der Waals surface area contributed by atoms with Gasteiger partial charge >= 0.3 is 5.97 Å². The summed E-state index contributed by atoms with van der Waals surface area (Å²) in [6.07, 6.45) is 10.3. The van der Waals surface area contributed by atoms with Crippen LogP contribution in [-0.2, 0) is 16.1 Å². The van der Waals surface area contributed by atoms with E-state index in [1.807, 2.05) is 20.9 Å². The fraction of sp³-hybridized carbons (Fsp3) is 0.543. The Labute approximate surface area is 261 Å². The highest BCUT2D eigenvalue weighted by molar-refractivity contribution is 5.76. The molecule has 44 heavy (non-hydrogen) atoms. The summed E-state index contributed by atoms with van der Waals surface area (Å²) in [4.78, 5) is 31.5. The number of benzene rings is 1. The molecule has 236 valence electrons. The minimum Gasteiger partial charge on any atom is -0.440 e. The van der Waals surface area contributed by atoms with Crippen molar-refractivity contribution in [2.75, 3.05) is 36.7 Å². The molecule has 0 amide bonds. The van der Waals surface area contributed by atoms with Crippen LogP contribution in [0.2, 0.25) is 0 Å². The lowest BCUT2D eigenvalue weighted by Gasteiger charge is -2.37. The molecule has 0 saturated carbocycles. The number of imidazole rings is 1. The highest BCUT2D eigenvalue weighted by Gasteiger charge is 2.37. The van der Waals surface area contributed by atoms with Crippen molar-refractivity contribution < 1.29 is 14.3 Å². The van der Waals surface area contributed by atoms with E-state index in [9.17, 15) is 4.79 Å². The Balaban J connectivity index is 1.21. The molecule has 1 aromatic carbocycles. The van der Waals surface area contributed by atoms with Crippen molar-refractivity contribution in [3.63, 3.8) is 0 Å². The standard InChI is InChI=1S/C35H48N6O3/c1-24(2)26(4)35(5,6)32(42)44-23-43-31-16-19-36-33(38-31)39(7)28-17-20-40(21-18-28)34-37-29-10-8-9-11-30(29)41(34)22-27-14-12-25(3)13-15-27/h10-16,19,24,26,28H,8-9,17-18,20-23H2,1-7H3. The minimum atomic E-state index is -0.600. The number of aryl methyl sites for hydroxylation is 1. The van der Waals surface area contributed by atoms with Gasteiger partial charge in [0, 0.05) is 38.4 Å². The zero-order chi connectivity index (χ0) is 31.4. The summed E-state index contributed by atoms with van der Waals surface area (Å²) in [6.45, 7) is 14.7. The Morgan fingerprint density at radius 1 is 1.05 bits per heavy atom. The summed E-state index contributed by atoms with van der Waals surface area (Å²) < 4.78 is 13.6. The van der Waals surface area contributed by atoms with Crippen LogP contribution < -0.4 is 25.2 Å². The molecule has 1 atom stereocenters. The normalized spacial score (nSPS) is 16.1. The van der Waals surface area contributed by atoms with E-state index in [-0.39, 0.29) is 24.7 Å². The van der Waals surface area contributed by atoms with Gasteiger partial charge in [0.05, 0.1) is 22.7 Å². The van der Waals surface area contributed by atoms with Gasteiger partial charge in [0.2, 0.25) is 24.6 Å². The van der Waals surface area contributed by atoms with Crippen LogP contribution in [0.25, 0.3) is 12.2 Å². The maximum absolute atomic E-state index is 12.7. The smallest absolute Gasteiger partial charge is 0.314 e. The van der Waals surface area contributed by atoms with Gasteiger partial charge in [-0.25, -0.2) is 9.97 Å². The molecule has 2 aromatic heterocycles. The summed E-state index contributed by atoms with van der Waals surface area (Å²) in [6, 6.07) is 10.8. The first-order valence-corrected chi connectivity index (χ1v) is 16.0. The van der Waals surface area contributed by atoms with E-state index in [0.29, 0.717) is 17.7 Å². The molecule has 2 aliphatic rings. The van der Waals surface area contributed by atoms with Crippen LogP contribution in [0.5, 0.6) is 5.88 Å². The predicted molar refractivity (Wildman–Crippen MR) is 175 cm³/mol. The van der Waals surface area contributed by atoms with Crippen LogP contribution in [0.15, 0.2) is 36.5 Å². The largest absolute Gasteiger partial charge is 0.440 e. The molecule has 1 aliphatic carbocycles. The first-order valence-electron chi connectivity index (χ1n) is 16.0. The van der Waals surface area contributed by atoms with Gasteiger partial charge in [0.25, 0.3) is 0 Å². The summed E-state index contributed by atoms with van der Waals surface area (Å²) in [7, 11) is 2.04. The number of anilines is 2. The number of hydrogen-bond donors (Lipinski definition) is 0. The molecule has 9 nitrogen and oxygen atoms in total. The minimum absolute atomic E-state index is 0.177. The molecule has 0 spiro atoms. The lowest BCUT2D eigenvalue weighted by Crippen LogP contribution is -2.45. The van der Waals surface area contributed by atoms with Gasteiger partial charge in [-0.2, -0.15) is 4.98 Å². The molecule has 1 aliphatic heterocycles. The number of fused-ring (bicyclic) bond motifs is 1. The van der Waals surface area contributed by atoms with Gasteiger partial charge < -0.3 is 23.8 Å². The quantitative estimate of drug-likeness (QED) is 0.232. The number of esters is 1. The maximum atomic E-state index is 12.7. The third-order valence-electron chi connectivity index (χ3n) is 9.61. The third-order valence-corrected chi connectivity index (χ3v) is 9.61. The van der Waals surface area contributed by atoms with E-state index in [2.05, 4.69) is 88.4 Å². The van der Waals surface area contributed by atoms with Crippen LogP contribution in [0.4, 0.5) is 11.9 Å². The number of piperidine rings is 1. The zero-order valence-electron chi connectivity index (χ0n) is 27.4. The van der Waals surface area contributed by atoms with Crippen LogP contribution in [0.1, 0.15) is 71.4 Å². The fourth-order valence-electron chi connectivity index (χ4n) is 6.10. The van der Waals surface area contributed by atoms with Gasteiger partial charge in [-0.1, -0.05) is 62.8 Å². The summed E-state index contributed by atoms with van der Waals surface area (Å²) in [5, 5.41) is 2.34. The number of ether oxygens (including phenoxy) is 2. The number of nitrogens with zero attached hydrogens (tertiary/aromatic N) is 6. The molecule has 1 fully saturated rings.